The predicted molar refractivity (Wildman–Crippen MR) is 44.0 cm³/mol. The van der Waals surface area contributed by atoms with Crippen molar-refractivity contribution in [1.29, 1.82) is 0 Å². The lowest BCUT2D eigenvalue weighted by molar-refractivity contribution is 0.296. The lowest BCUT2D eigenvalue weighted by Gasteiger charge is -1.97. The Labute approximate surface area is 73.6 Å². The third kappa shape index (κ3) is 1.65. The summed E-state index contributed by atoms with van der Waals surface area (Å²) in [5, 5.41) is 2.01. The van der Waals surface area contributed by atoms with Gasteiger partial charge in [0.15, 0.2) is 6.26 Å². The normalized spacial score (nSPS) is 10.0. The molecule has 3 nitrogen and oxygen atoms in total. The van der Waals surface area contributed by atoms with Crippen molar-refractivity contribution < 1.29 is 9.15 Å². The Balaban J connectivity index is 1.91. The molecule has 0 aromatic carbocycles. The van der Waals surface area contributed by atoms with Gasteiger partial charge in [-0.1, -0.05) is 6.07 Å². The van der Waals surface area contributed by atoms with Crippen molar-refractivity contribution in [1.82, 2.24) is 4.98 Å². The van der Waals surface area contributed by atoms with Crippen molar-refractivity contribution in [3.05, 3.63) is 35.0 Å². The Bertz CT molecular complexity index is 280. The summed E-state index contributed by atoms with van der Waals surface area (Å²) in [6.07, 6.45) is 3.74. The molecule has 2 aromatic rings. The zero-order valence-electron chi connectivity index (χ0n) is 6.19. The predicted octanol–water partition coefficient (Wildman–Crippen LogP) is 2.12. The number of hydrogen-bond acceptors (Lipinski definition) is 4. The maximum Gasteiger partial charge on any atom is 0.287 e. The number of nitrogens with zero attached hydrogens (tertiary/aromatic N) is 1. The van der Waals surface area contributed by atoms with E-state index in [1.165, 1.54) is 6.26 Å². The molecule has 0 fully saturated rings. The van der Waals surface area contributed by atoms with Gasteiger partial charge in [0.1, 0.15) is 6.61 Å². The molecule has 0 N–H and O–H groups in total. The molecule has 1 radical (unpaired) electrons. The Morgan fingerprint density at radius 1 is 1.67 bits per heavy atom. The minimum absolute atomic E-state index is 0.475. The summed E-state index contributed by atoms with van der Waals surface area (Å²) in [7, 11) is 0. The molecule has 0 saturated carbocycles. The van der Waals surface area contributed by atoms with E-state index in [0.717, 1.165) is 4.88 Å². The minimum atomic E-state index is 0.475. The highest BCUT2D eigenvalue weighted by Crippen LogP contribution is 2.12. The van der Waals surface area contributed by atoms with Crippen LogP contribution in [0.5, 0.6) is 5.88 Å². The molecule has 0 atom stereocenters. The molecule has 0 aliphatic carbocycles. The van der Waals surface area contributed by atoms with Crippen LogP contribution in [0.2, 0.25) is 0 Å². The van der Waals surface area contributed by atoms with Gasteiger partial charge in [-0.25, -0.2) is 0 Å². The van der Waals surface area contributed by atoms with E-state index < -0.39 is 0 Å². The van der Waals surface area contributed by atoms with Crippen LogP contribution in [0, 0.1) is 6.39 Å². The van der Waals surface area contributed by atoms with Crippen LogP contribution in [-0.2, 0) is 6.61 Å². The Morgan fingerprint density at radius 2 is 2.67 bits per heavy atom. The number of thiophene rings is 1. The fraction of sp³-hybridized carbons (Fsp3) is 0.125. The fourth-order valence-corrected chi connectivity index (χ4v) is 1.40. The van der Waals surface area contributed by atoms with Crippen molar-refractivity contribution in [2.45, 2.75) is 6.61 Å². The van der Waals surface area contributed by atoms with E-state index in [9.17, 15) is 0 Å². The first-order valence-electron chi connectivity index (χ1n) is 3.42. The van der Waals surface area contributed by atoms with Crippen molar-refractivity contribution in [2.75, 3.05) is 0 Å². The standard InChI is InChI=1S/C8H6NO2S/c1-2-7(12-3-1)4-11-8-5-10-6-9-8/h1-3,5H,4H2. The molecule has 0 bridgehead atoms. The molecule has 0 unspecified atom stereocenters. The highest BCUT2D eigenvalue weighted by Gasteiger charge is 1.98. The van der Waals surface area contributed by atoms with Crippen LogP contribution >= 0.6 is 11.3 Å². The Hall–Kier alpha value is -1.29. The van der Waals surface area contributed by atoms with E-state index in [1.54, 1.807) is 11.3 Å². The zero-order valence-corrected chi connectivity index (χ0v) is 7.00. The quantitative estimate of drug-likeness (QED) is 0.725. The maximum absolute atomic E-state index is 5.26. The zero-order chi connectivity index (χ0) is 8.23. The van der Waals surface area contributed by atoms with Gasteiger partial charge in [0.05, 0.1) is 0 Å². The first-order valence-corrected chi connectivity index (χ1v) is 4.30. The van der Waals surface area contributed by atoms with Crippen LogP contribution in [0.25, 0.3) is 0 Å². The summed E-state index contributed by atoms with van der Waals surface area (Å²) < 4.78 is 9.89. The summed E-state index contributed by atoms with van der Waals surface area (Å²) >= 11 is 1.65. The molecule has 0 aliphatic rings. The first kappa shape index (κ1) is 7.36. The van der Waals surface area contributed by atoms with Gasteiger partial charge < -0.3 is 9.15 Å². The molecule has 2 heterocycles. The van der Waals surface area contributed by atoms with Crippen molar-refractivity contribution >= 4 is 11.3 Å². The van der Waals surface area contributed by atoms with Gasteiger partial charge >= 0.3 is 0 Å². The molecule has 2 rings (SSSR count). The number of aromatic nitrogens is 1. The van der Waals surface area contributed by atoms with Crippen molar-refractivity contribution in [3.8, 4) is 5.88 Å². The van der Waals surface area contributed by atoms with E-state index in [1.807, 2.05) is 17.5 Å². The monoisotopic (exact) mass is 180 g/mol. The molecule has 0 amide bonds. The van der Waals surface area contributed by atoms with Crippen LogP contribution in [0.3, 0.4) is 0 Å². The lowest BCUT2D eigenvalue weighted by Crippen LogP contribution is -1.91. The van der Waals surface area contributed by atoms with E-state index in [2.05, 4.69) is 15.8 Å². The van der Waals surface area contributed by atoms with Crippen LogP contribution in [-0.4, -0.2) is 4.98 Å². The van der Waals surface area contributed by atoms with Gasteiger partial charge in [-0.3, -0.25) is 0 Å². The maximum atomic E-state index is 5.26. The van der Waals surface area contributed by atoms with E-state index in [0.29, 0.717) is 12.5 Å². The minimum Gasteiger partial charge on any atom is -0.470 e. The molecule has 2 aromatic heterocycles. The Morgan fingerprint density at radius 3 is 3.33 bits per heavy atom. The third-order valence-electron chi connectivity index (χ3n) is 1.31. The third-order valence-corrected chi connectivity index (χ3v) is 2.16. The number of oxazole rings is 1. The lowest BCUT2D eigenvalue weighted by atomic mass is 10.5. The first-order chi connectivity index (χ1) is 5.95. The van der Waals surface area contributed by atoms with E-state index in [4.69, 9.17) is 4.74 Å². The summed E-state index contributed by atoms with van der Waals surface area (Å²) in [6.45, 7) is 0.540. The topological polar surface area (TPSA) is 35.3 Å². The SMILES string of the molecule is [c]1nc(OCc2cccs2)co1. The smallest absolute Gasteiger partial charge is 0.287 e. The molecule has 4 heteroatoms. The van der Waals surface area contributed by atoms with Gasteiger partial charge in [0, 0.05) is 4.88 Å². The molecular weight excluding hydrogens is 174 g/mol. The summed E-state index contributed by atoms with van der Waals surface area (Å²) in [4.78, 5) is 4.87. The van der Waals surface area contributed by atoms with Gasteiger partial charge in [0.25, 0.3) is 12.3 Å². The highest BCUT2D eigenvalue weighted by atomic mass is 32.1. The summed E-state index contributed by atoms with van der Waals surface area (Å²) in [6, 6.07) is 3.99. The van der Waals surface area contributed by atoms with Crippen LogP contribution in [0.15, 0.2) is 28.2 Å². The second kappa shape index (κ2) is 3.40. The molecule has 12 heavy (non-hydrogen) atoms. The van der Waals surface area contributed by atoms with Crippen LogP contribution in [0.1, 0.15) is 4.88 Å². The van der Waals surface area contributed by atoms with Crippen LogP contribution in [0.4, 0.5) is 0 Å². The summed E-state index contributed by atoms with van der Waals surface area (Å²) in [5.41, 5.74) is 0. The molecule has 0 aliphatic heterocycles. The van der Waals surface area contributed by atoms with Crippen molar-refractivity contribution in [3.63, 3.8) is 0 Å². The largest absolute Gasteiger partial charge is 0.470 e. The number of ether oxygens (including phenoxy) is 1. The second-order valence-corrected chi connectivity index (χ2v) is 3.18. The summed E-state index contributed by atoms with van der Waals surface area (Å²) in [5.74, 6) is 0.475. The molecule has 0 spiro atoms. The van der Waals surface area contributed by atoms with Crippen LogP contribution < -0.4 is 4.74 Å². The number of rotatable bonds is 3. The highest BCUT2D eigenvalue weighted by molar-refractivity contribution is 7.09. The molecule has 61 valence electrons. The average Bonchev–Trinajstić information content (AvgIpc) is 2.74. The van der Waals surface area contributed by atoms with Gasteiger partial charge in [-0.2, -0.15) is 4.98 Å². The molecular formula is C8H6NO2S. The molecule has 0 saturated heterocycles. The van der Waals surface area contributed by atoms with Gasteiger partial charge in [-0.15, -0.1) is 11.3 Å². The van der Waals surface area contributed by atoms with E-state index in [-0.39, 0.29) is 0 Å². The number of hydrogen-bond donors (Lipinski definition) is 0. The van der Waals surface area contributed by atoms with Gasteiger partial charge in [-0.05, 0) is 11.4 Å². The Kier molecular flexibility index (Phi) is 2.09. The fourth-order valence-electron chi connectivity index (χ4n) is 0.781. The van der Waals surface area contributed by atoms with E-state index >= 15 is 0 Å². The van der Waals surface area contributed by atoms with Crippen molar-refractivity contribution in [2.24, 2.45) is 0 Å². The second-order valence-electron chi connectivity index (χ2n) is 2.15. The van der Waals surface area contributed by atoms with Gasteiger partial charge in [0.2, 0.25) is 0 Å². The average molecular weight is 180 g/mol.